The van der Waals surface area contributed by atoms with Gasteiger partial charge in [0.15, 0.2) is 0 Å². The molecule has 1 N–H and O–H groups in total. The first-order valence-corrected chi connectivity index (χ1v) is 4.78. The number of ether oxygens (including phenoxy) is 1. The maximum atomic E-state index is 10.4. The normalized spacial score (nSPS) is 6.94. The van der Waals surface area contributed by atoms with Crippen LogP contribution in [0.3, 0.4) is 0 Å². The maximum absolute atomic E-state index is 10.4. The molecule has 0 aliphatic rings. The summed E-state index contributed by atoms with van der Waals surface area (Å²) in [5.41, 5.74) is 0.451. The summed E-state index contributed by atoms with van der Waals surface area (Å²) in [5, 5.41) is 7.60. The molecule has 4 nitrogen and oxygen atoms in total. The molecular weight excluding hydrogens is 220 g/mol. The summed E-state index contributed by atoms with van der Waals surface area (Å²) in [6, 6.07) is 0. The van der Waals surface area contributed by atoms with Gasteiger partial charge in [0.2, 0.25) is 0 Å². The number of carbonyl (C=O) groups is 2. The third-order valence-electron chi connectivity index (χ3n) is 0.965. The molecule has 0 rings (SSSR count). The van der Waals surface area contributed by atoms with Gasteiger partial charge in [0.1, 0.15) is 0 Å². The zero-order valence-corrected chi connectivity index (χ0v) is 10.4. The highest BCUT2D eigenvalue weighted by Gasteiger charge is 1.98. The number of hydrogen-bond acceptors (Lipinski definition) is 3. The maximum Gasteiger partial charge on any atom is 0.333 e. The number of aliphatic carboxylic acids is 1. The van der Waals surface area contributed by atoms with E-state index in [1.807, 2.05) is 0 Å². The highest BCUT2D eigenvalue weighted by molar-refractivity contribution is 5.86. The molecule has 0 saturated heterocycles. The van der Waals surface area contributed by atoms with Crippen molar-refractivity contribution < 1.29 is 19.4 Å². The number of carboxylic acid groups (broad SMARTS) is 1. The summed E-state index contributed by atoms with van der Waals surface area (Å²) >= 11 is 0. The average molecular weight is 240 g/mol. The average Bonchev–Trinajstić information content (AvgIpc) is 2.30. The fourth-order valence-electron chi connectivity index (χ4n) is 0.254. The summed E-state index contributed by atoms with van der Waals surface area (Å²) in [4.78, 5) is 19.7. The van der Waals surface area contributed by atoms with Crippen molar-refractivity contribution in [2.24, 2.45) is 0 Å². The molecule has 0 fully saturated rings. The van der Waals surface area contributed by atoms with E-state index in [4.69, 9.17) is 5.11 Å². The van der Waals surface area contributed by atoms with Crippen molar-refractivity contribution in [3.63, 3.8) is 0 Å². The van der Waals surface area contributed by atoms with Crippen molar-refractivity contribution in [2.45, 2.75) is 13.8 Å². The van der Waals surface area contributed by atoms with Crippen molar-refractivity contribution >= 4 is 11.9 Å². The van der Waals surface area contributed by atoms with Crippen LogP contribution in [0.5, 0.6) is 0 Å². The molecule has 0 aromatic heterocycles. The first kappa shape index (κ1) is 20.3. The van der Waals surface area contributed by atoms with Gasteiger partial charge in [-0.25, -0.2) is 9.59 Å². The van der Waals surface area contributed by atoms with Crippen molar-refractivity contribution in [3.05, 3.63) is 50.1 Å². The number of rotatable bonds is 4. The quantitative estimate of drug-likeness (QED) is 0.466. The predicted molar refractivity (Wildman–Crippen MR) is 69.7 cm³/mol. The van der Waals surface area contributed by atoms with E-state index in [1.165, 1.54) is 0 Å². The highest BCUT2D eigenvalue weighted by atomic mass is 16.5. The molecule has 0 aromatic rings. The fraction of sp³-hybridized carbons (Fsp3) is 0.231. The van der Waals surface area contributed by atoms with E-state index in [-0.39, 0.29) is 5.97 Å². The van der Waals surface area contributed by atoms with Crippen LogP contribution in [0.2, 0.25) is 0 Å². The Morgan fingerprint density at radius 3 is 1.65 bits per heavy atom. The third-order valence-corrected chi connectivity index (χ3v) is 0.965. The Balaban J connectivity index is -0.000000188. The number of esters is 1. The van der Waals surface area contributed by atoms with E-state index in [0.29, 0.717) is 12.2 Å². The van der Waals surface area contributed by atoms with Crippen LogP contribution in [0.15, 0.2) is 50.1 Å². The van der Waals surface area contributed by atoms with Crippen molar-refractivity contribution in [3.8, 4) is 0 Å². The second-order valence-electron chi connectivity index (χ2n) is 2.51. The molecule has 0 aliphatic carbocycles. The first-order chi connectivity index (χ1) is 7.87. The van der Waals surface area contributed by atoms with Crippen LogP contribution in [-0.4, -0.2) is 23.7 Å². The number of allylic oxidation sites excluding steroid dienone is 2. The van der Waals surface area contributed by atoms with Crippen LogP contribution in [-0.2, 0) is 14.3 Å². The Kier molecular flexibility index (Phi) is 19.5. The van der Waals surface area contributed by atoms with E-state index < -0.39 is 5.97 Å². The lowest BCUT2D eigenvalue weighted by Crippen LogP contribution is -2.03. The van der Waals surface area contributed by atoms with Crippen LogP contribution in [0.4, 0.5) is 0 Å². The van der Waals surface area contributed by atoms with Crippen molar-refractivity contribution in [1.29, 1.82) is 0 Å². The van der Waals surface area contributed by atoms with Crippen molar-refractivity contribution in [1.82, 2.24) is 0 Å². The van der Waals surface area contributed by atoms with Crippen LogP contribution in [0.25, 0.3) is 0 Å². The minimum Gasteiger partial charge on any atom is -0.478 e. The van der Waals surface area contributed by atoms with Gasteiger partial charge in [-0.15, -0.1) is 0 Å². The van der Waals surface area contributed by atoms with E-state index in [9.17, 15) is 9.59 Å². The van der Waals surface area contributed by atoms with Gasteiger partial charge in [-0.1, -0.05) is 38.5 Å². The van der Waals surface area contributed by atoms with Gasteiger partial charge in [-0.2, -0.15) is 0 Å². The molecule has 0 radical (unpaired) electrons. The minimum atomic E-state index is -0.981. The largest absolute Gasteiger partial charge is 0.478 e. The van der Waals surface area contributed by atoms with Crippen molar-refractivity contribution in [2.75, 3.05) is 6.61 Å². The van der Waals surface area contributed by atoms with Gasteiger partial charge in [-0.3, -0.25) is 0 Å². The Morgan fingerprint density at radius 1 is 1.24 bits per heavy atom. The fourth-order valence-corrected chi connectivity index (χ4v) is 0.254. The molecule has 4 heteroatoms. The second-order valence-corrected chi connectivity index (χ2v) is 2.51. The SMILES string of the molecule is C=C(C)C(=O)OCC.C=CC(=O)O.C=CC=C. The lowest BCUT2D eigenvalue weighted by atomic mass is 10.4. The van der Waals surface area contributed by atoms with E-state index in [2.05, 4.69) is 31.1 Å². The summed E-state index contributed by atoms with van der Waals surface area (Å²) < 4.78 is 4.56. The van der Waals surface area contributed by atoms with Gasteiger partial charge in [0, 0.05) is 11.6 Å². The predicted octanol–water partition coefficient (Wildman–Crippen LogP) is 2.74. The molecule has 0 unspecified atom stereocenters. The molecule has 0 spiro atoms. The summed E-state index contributed by atoms with van der Waals surface area (Å²) in [5.74, 6) is -1.29. The summed E-state index contributed by atoms with van der Waals surface area (Å²) in [7, 11) is 0. The third kappa shape index (κ3) is 31.5. The molecular formula is C13H20O4. The van der Waals surface area contributed by atoms with Crippen LogP contribution in [0.1, 0.15) is 13.8 Å². The molecule has 0 heterocycles. The molecule has 0 atom stereocenters. The lowest BCUT2D eigenvalue weighted by molar-refractivity contribution is -0.138. The minimum absolute atomic E-state index is 0.312. The zero-order valence-electron chi connectivity index (χ0n) is 10.4. The monoisotopic (exact) mass is 240 g/mol. The lowest BCUT2D eigenvalue weighted by Gasteiger charge is -1.96. The Hall–Kier alpha value is -2.10. The van der Waals surface area contributed by atoms with E-state index in [0.717, 1.165) is 6.08 Å². The van der Waals surface area contributed by atoms with Crippen LogP contribution in [0, 0.1) is 0 Å². The standard InChI is InChI=1S/C6H10O2.C4H6.C3H4O2/c1-4-8-6(7)5(2)3;1-3-4-2;1-2-3(4)5/h2,4H2,1,3H3;3-4H,1-2H2;2H,1H2,(H,4,5). The summed E-state index contributed by atoms with van der Waals surface area (Å²) in [6.45, 7) is 16.9. The molecule has 0 aliphatic heterocycles. The Morgan fingerprint density at radius 2 is 1.59 bits per heavy atom. The smallest absolute Gasteiger partial charge is 0.333 e. The number of carboxylic acids is 1. The van der Waals surface area contributed by atoms with Gasteiger partial charge in [-0.05, 0) is 13.8 Å². The second kappa shape index (κ2) is 16.3. The van der Waals surface area contributed by atoms with Gasteiger partial charge < -0.3 is 9.84 Å². The van der Waals surface area contributed by atoms with Crippen LogP contribution >= 0.6 is 0 Å². The zero-order chi connectivity index (χ0) is 14.3. The van der Waals surface area contributed by atoms with Gasteiger partial charge in [0.05, 0.1) is 6.61 Å². The topological polar surface area (TPSA) is 63.6 Å². The Labute approximate surface area is 103 Å². The first-order valence-electron chi connectivity index (χ1n) is 4.78. The molecule has 0 amide bonds. The molecule has 96 valence electrons. The Bertz CT molecular complexity index is 271. The van der Waals surface area contributed by atoms with E-state index >= 15 is 0 Å². The highest BCUT2D eigenvalue weighted by Crippen LogP contribution is 1.89. The van der Waals surface area contributed by atoms with E-state index in [1.54, 1.807) is 26.0 Å². The van der Waals surface area contributed by atoms with Gasteiger partial charge in [0.25, 0.3) is 0 Å². The molecule has 0 saturated carbocycles. The number of carbonyl (C=O) groups excluding carboxylic acids is 1. The molecule has 17 heavy (non-hydrogen) atoms. The van der Waals surface area contributed by atoms with Crippen LogP contribution < -0.4 is 0 Å². The number of hydrogen-bond donors (Lipinski definition) is 1. The summed E-state index contributed by atoms with van der Waals surface area (Å²) in [6.07, 6.45) is 4.11. The molecule has 0 bridgehead atoms. The van der Waals surface area contributed by atoms with Gasteiger partial charge >= 0.3 is 11.9 Å². The molecule has 0 aromatic carbocycles.